The molecule has 0 radical (unpaired) electrons. The van der Waals surface area contributed by atoms with Gasteiger partial charge in [0.15, 0.2) is 0 Å². The molecule has 5 heteroatoms. The largest absolute Gasteiger partial charge is 0.508 e. The van der Waals surface area contributed by atoms with E-state index in [0.717, 1.165) is 18.9 Å². The lowest BCUT2D eigenvalue weighted by atomic mass is 10.1. The van der Waals surface area contributed by atoms with Gasteiger partial charge >= 0.3 is 5.69 Å². The average molecular weight is 246 g/mol. The summed E-state index contributed by atoms with van der Waals surface area (Å²) in [6, 6.07) is 6.57. The highest BCUT2D eigenvalue weighted by Gasteiger charge is 2.20. The summed E-state index contributed by atoms with van der Waals surface area (Å²) in [4.78, 5) is 12.2. The molecule has 0 spiro atoms. The first-order valence-electron chi connectivity index (χ1n) is 5.89. The molecule has 1 aromatic heterocycles. The van der Waals surface area contributed by atoms with Crippen LogP contribution in [-0.2, 0) is 11.3 Å². The molecule has 3 rings (SSSR count). The average Bonchev–Trinajstić information content (AvgIpc) is 2.67. The van der Waals surface area contributed by atoms with Gasteiger partial charge in [-0.1, -0.05) is 0 Å². The van der Waals surface area contributed by atoms with Crippen molar-refractivity contribution in [2.24, 2.45) is 5.92 Å². The summed E-state index contributed by atoms with van der Waals surface area (Å²) in [5, 5.41) is 9.23. The Balaban J connectivity index is 1.88. The maximum Gasteiger partial charge on any atom is 0.332 e. The lowest BCUT2D eigenvalue weighted by Gasteiger charge is -2.25. The summed E-state index contributed by atoms with van der Waals surface area (Å²) in [5.74, 6) is 0.635. The Labute approximate surface area is 104 Å². The molecule has 18 heavy (non-hydrogen) atoms. The second kappa shape index (κ2) is 4.34. The smallest absolute Gasteiger partial charge is 0.332 e. The molecule has 1 aliphatic rings. The molecule has 0 unspecified atom stereocenters. The van der Waals surface area contributed by atoms with E-state index in [1.54, 1.807) is 45.8 Å². The Hall–Kier alpha value is -2.01. The van der Waals surface area contributed by atoms with Crippen LogP contribution in [0.3, 0.4) is 0 Å². The topological polar surface area (TPSA) is 56.4 Å². The van der Waals surface area contributed by atoms with E-state index in [9.17, 15) is 9.90 Å². The number of phenols is 1. The van der Waals surface area contributed by atoms with Gasteiger partial charge in [-0.3, -0.25) is 9.13 Å². The number of ether oxygens (including phenoxy) is 1. The van der Waals surface area contributed by atoms with Gasteiger partial charge in [0, 0.05) is 24.9 Å². The molecule has 1 aliphatic heterocycles. The van der Waals surface area contributed by atoms with E-state index in [-0.39, 0.29) is 11.4 Å². The van der Waals surface area contributed by atoms with E-state index in [2.05, 4.69) is 0 Å². The monoisotopic (exact) mass is 246 g/mol. The van der Waals surface area contributed by atoms with E-state index in [1.165, 1.54) is 0 Å². The standard InChI is InChI=1S/C13H14N2O3/c16-12-3-1-11(2-4-12)15-6-5-14(13(15)17)7-10-8-18-9-10/h1-6,10,16H,7-9H2. The first-order valence-corrected chi connectivity index (χ1v) is 5.89. The first kappa shape index (κ1) is 11.1. The van der Waals surface area contributed by atoms with Gasteiger partial charge in [-0.25, -0.2) is 4.79 Å². The minimum atomic E-state index is -0.0624. The SMILES string of the molecule is O=c1n(CC2COC2)ccn1-c1ccc(O)cc1. The molecule has 2 aromatic rings. The number of imidazole rings is 1. The van der Waals surface area contributed by atoms with Crippen LogP contribution in [-0.4, -0.2) is 27.5 Å². The van der Waals surface area contributed by atoms with E-state index in [1.807, 2.05) is 0 Å². The number of phenolic OH excluding ortho intramolecular Hbond substituents is 1. The molecule has 0 saturated carbocycles. The van der Waals surface area contributed by atoms with Crippen molar-refractivity contribution in [3.05, 3.63) is 47.1 Å². The number of hydrogen-bond donors (Lipinski definition) is 1. The van der Waals surface area contributed by atoms with Crippen molar-refractivity contribution in [3.8, 4) is 11.4 Å². The number of rotatable bonds is 3. The summed E-state index contributed by atoms with van der Waals surface area (Å²) in [7, 11) is 0. The van der Waals surface area contributed by atoms with Gasteiger partial charge < -0.3 is 9.84 Å². The van der Waals surface area contributed by atoms with Crippen molar-refractivity contribution in [3.63, 3.8) is 0 Å². The molecule has 1 N–H and O–H groups in total. The zero-order chi connectivity index (χ0) is 12.5. The fourth-order valence-electron chi connectivity index (χ4n) is 2.03. The Morgan fingerprint density at radius 3 is 2.56 bits per heavy atom. The fraction of sp³-hybridized carbons (Fsp3) is 0.308. The summed E-state index contributed by atoms with van der Waals surface area (Å²) >= 11 is 0. The zero-order valence-electron chi connectivity index (χ0n) is 9.82. The van der Waals surface area contributed by atoms with E-state index in [0.29, 0.717) is 12.5 Å². The van der Waals surface area contributed by atoms with Crippen molar-refractivity contribution in [1.82, 2.24) is 9.13 Å². The van der Waals surface area contributed by atoms with Gasteiger partial charge in [-0.2, -0.15) is 0 Å². The molecular formula is C13H14N2O3. The van der Waals surface area contributed by atoms with Crippen molar-refractivity contribution < 1.29 is 9.84 Å². The highest BCUT2D eigenvalue weighted by molar-refractivity contribution is 5.36. The molecule has 1 saturated heterocycles. The molecular weight excluding hydrogens is 232 g/mol. The summed E-state index contributed by atoms with van der Waals surface area (Å²) in [5.41, 5.74) is 0.689. The van der Waals surface area contributed by atoms with Crippen molar-refractivity contribution in [1.29, 1.82) is 0 Å². The van der Waals surface area contributed by atoms with Gasteiger partial charge in [0.1, 0.15) is 5.75 Å². The number of aromatic hydroxyl groups is 1. The highest BCUT2D eigenvalue weighted by Crippen LogP contribution is 2.14. The maximum absolute atomic E-state index is 12.2. The molecule has 1 aromatic carbocycles. The van der Waals surface area contributed by atoms with Gasteiger partial charge in [0.2, 0.25) is 0 Å². The summed E-state index contributed by atoms with van der Waals surface area (Å²) in [6.45, 7) is 2.16. The van der Waals surface area contributed by atoms with Crippen LogP contribution in [0.5, 0.6) is 5.75 Å². The van der Waals surface area contributed by atoms with Gasteiger partial charge in [-0.05, 0) is 24.3 Å². The molecule has 5 nitrogen and oxygen atoms in total. The fourth-order valence-corrected chi connectivity index (χ4v) is 2.03. The minimum absolute atomic E-state index is 0.0624. The van der Waals surface area contributed by atoms with Crippen LogP contribution in [0.25, 0.3) is 5.69 Å². The van der Waals surface area contributed by atoms with Gasteiger partial charge in [0.05, 0.1) is 18.9 Å². The predicted molar refractivity (Wildman–Crippen MR) is 66.0 cm³/mol. The quantitative estimate of drug-likeness (QED) is 0.878. The normalized spacial score (nSPS) is 15.6. The van der Waals surface area contributed by atoms with Crippen LogP contribution in [0.1, 0.15) is 0 Å². The Morgan fingerprint density at radius 1 is 1.22 bits per heavy atom. The lowest BCUT2D eigenvalue weighted by molar-refractivity contribution is -0.0398. The molecule has 0 aliphatic carbocycles. The zero-order valence-corrected chi connectivity index (χ0v) is 9.82. The predicted octanol–water partition coefficient (Wildman–Crippen LogP) is 0.991. The molecule has 94 valence electrons. The Morgan fingerprint density at radius 2 is 1.94 bits per heavy atom. The second-order valence-corrected chi connectivity index (χ2v) is 4.52. The van der Waals surface area contributed by atoms with E-state index >= 15 is 0 Å². The first-order chi connectivity index (χ1) is 8.74. The van der Waals surface area contributed by atoms with Crippen LogP contribution in [0.2, 0.25) is 0 Å². The molecule has 0 amide bonds. The Kier molecular flexibility index (Phi) is 2.68. The van der Waals surface area contributed by atoms with Crippen LogP contribution in [0.15, 0.2) is 41.5 Å². The van der Waals surface area contributed by atoms with Crippen molar-refractivity contribution in [2.75, 3.05) is 13.2 Å². The number of benzene rings is 1. The third-order valence-corrected chi connectivity index (χ3v) is 3.14. The highest BCUT2D eigenvalue weighted by atomic mass is 16.5. The maximum atomic E-state index is 12.2. The van der Waals surface area contributed by atoms with Gasteiger partial charge in [0.25, 0.3) is 0 Å². The summed E-state index contributed by atoms with van der Waals surface area (Å²) < 4.78 is 8.36. The van der Waals surface area contributed by atoms with Crippen LogP contribution in [0.4, 0.5) is 0 Å². The van der Waals surface area contributed by atoms with Crippen molar-refractivity contribution >= 4 is 0 Å². The van der Waals surface area contributed by atoms with Crippen LogP contribution in [0, 0.1) is 5.92 Å². The van der Waals surface area contributed by atoms with Crippen LogP contribution >= 0.6 is 0 Å². The second-order valence-electron chi connectivity index (χ2n) is 4.52. The van der Waals surface area contributed by atoms with Crippen LogP contribution < -0.4 is 5.69 Å². The lowest BCUT2D eigenvalue weighted by Crippen LogP contribution is -2.35. The number of nitrogens with zero attached hydrogens (tertiary/aromatic N) is 2. The Bertz CT molecular complexity index is 593. The number of aromatic nitrogens is 2. The van der Waals surface area contributed by atoms with Gasteiger partial charge in [-0.15, -0.1) is 0 Å². The third-order valence-electron chi connectivity index (χ3n) is 3.14. The molecule has 0 bridgehead atoms. The van der Waals surface area contributed by atoms with Crippen molar-refractivity contribution in [2.45, 2.75) is 6.54 Å². The summed E-state index contributed by atoms with van der Waals surface area (Å²) in [6.07, 6.45) is 3.53. The molecule has 2 heterocycles. The molecule has 1 fully saturated rings. The van der Waals surface area contributed by atoms with E-state index < -0.39 is 0 Å². The molecule has 0 atom stereocenters. The third kappa shape index (κ3) is 1.93. The minimum Gasteiger partial charge on any atom is -0.508 e. The van der Waals surface area contributed by atoms with E-state index in [4.69, 9.17) is 4.74 Å². The number of hydrogen-bond acceptors (Lipinski definition) is 3.